The van der Waals surface area contributed by atoms with Crippen molar-refractivity contribution < 1.29 is 19.1 Å². The van der Waals surface area contributed by atoms with Gasteiger partial charge in [-0.1, -0.05) is 17.7 Å². The number of Topliss-reactive ketones (excluding diaryl/α,β-unsaturated/α-hetero) is 1. The van der Waals surface area contributed by atoms with Crippen LogP contribution < -0.4 is 10.7 Å². The minimum atomic E-state index is -0.784. The van der Waals surface area contributed by atoms with Crippen LogP contribution in [0.4, 0.5) is 5.00 Å². The quantitative estimate of drug-likeness (QED) is 0.465. The molecule has 0 aliphatic heterocycles. The molecule has 2 heterocycles. The Hall–Kier alpha value is -3.59. The number of aryl methyl sites for hydroxylation is 1. The lowest BCUT2D eigenvalue weighted by molar-refractivity contribution is 0.0527. The number of carbonyl (C=O) groups excluding carboxylic acids is 3. The van der Waals surface area contributed by atoms with Gasteiger partial charge in [0.25, 0.3) is 5.91 Å². The summed E-state index contributed by atoms with van der Waals surface area (Å²) in [6.07, 6.45) is 1.47. The van der Waals surface area contributed by atoms with Gasteiger partial charge in [0.15, 0.2) is 11.5 Å². The second-order valence-electron chi connectivity index (χ2n) is 6.80. The summed E-state index contributed by atoms with van der Waals surface area (Å²) in [4.78, 5) is 49.9. The molecule has 3 aromatic rings. The third kappa shape index (κ3) is 4.61. The standard InChI is InChI=1S/C22H21N3O5S/c1-5-30-22(29)17-13(3)19(14(4)26)31-21(17)23-20(28)18-16(27)10-11-25(24-18)15-8-6-12(2)7-9-15/h6-11H,5H2,1-4H3,(H,23,28). The predicted molar refractivity (Wildman–Crippen MR) is 118 cm³/mol. The molecule has 2 aromatic heterocycles. The molecule has 0 aliphatic carbocycles. The number of hydrogen-bond acceptors (Lipinski definition) is 7. The molecule has 0 radical (unpaired) electrons. The van der Waals surface area contributed by atoms with Gasteiger partial charge in [0, 0.05) is 12.3 Å². The van der Waals surface area contributed by atoms with E-state index in [1.165, 1.54) is 23.9 Å². The largest absolute Gasteiger partial charge is 0.462 e. The number of nitrogens with zero attached hydrogens (tertiary/aromatic N) is 2. The smallest absolute Gasteiger partial charge is 0.341 e. The van der Waals surface area contributed by atoms with E-state index in [1.807, 2.05) is 31.2 Å². The second kappa shape index (κ2) is 9.05. The van der Waals surface area contributed by atoms with Gasteiger partial charge < -0.3 is 10.1 Å². The number of aromatic nitrogens is 2. The average molecular weight is 439 g/mol. The number of hydrogen-bond donors (Lipinski definition) is 1. The minimum Gasteiger partial charge on any atom is -0.462 e. The Morgan fingerprint density at radius 2 is 1.81 bits per heavy atom. The number of ether oxygens (including phenoxy) is 1. The van der Waals surface area contributed by atoms with Crippen LogP contribution in [0.2, 0.25) is 0 Å². The van der Waals surface area contributed by atoms with Crippen LogP contribution in [0.3, 0.4) is 0 Å². The second-order valence-corrected chi connectivity index (χ2v) is 7.82. The van der Waals surface area contributed by atoms with Crippen LogP contribution in [0.15, 0.2) is 41.3 Å². The third-order valence-corrected chi connectivity index (χ3v) is 5.80. The molecular weight excluding hydrogens is 418 g/mol. The number of thiophene rings is 1. The molecule has 0 saturated carbocycles. The van der Waals surface area contributed by atoms with Crippen molar-refractivity contribution in [1.82, 2.24) is 9.78 Å². The lowest BCUT2D eigenvalue weighted by Gasteiger charge is -2.09. The summed E-state index contributed by atoms with van der Waals surface area (Å²) in [5.41, 5.74) is 1.35. The Morgan fingerprint density at radius 1 is 1.13 bits per heavy atom. The first-order valence-corrected chi connectivity index (χ1v) is 10.3. The molecule has 0 saturated heterocycles. The van der Waals surface area contributed by atoms with Gasteiger partial charge in [0.1, 0.15) is 5.00 Å². The number of anilines is 1. The minimum absolute atomic E-state index is 0.0974. The van der Waals surface area contributed by atoms with Gasteiger partial charge in [-0.25, -0.2) is 9.48 Å². The van der Waals surface area contributed by atoms with Crippen LogP contribution in [0.5, 0.6) is 0 Å². The summed E-state index contributed by atoms with van der Waals surface area (Å²) in [6, 6.07) is 8.65. The highest BCUT2D eigenvalue weighted by molar-refractivity contribution is 7.18. The molecule has 31 heavy (non-hydrogen) atoms. The van der Waals surface area contributed by atoms with Crippen LogP contribution in [-0.4, -0.2) is 34.0 Å². The van der Waals surface area contributed by atoms with E-state index >= 15 is 0 Å². The summed E-state index contributed by atoms with van der Waals surface area (Å²) in [7, 11) is 0. The van der Waals surface area contributed by atoms with Crippen molar-refractivity contribution >= 4 is 34.0 Å². The third-order valence-electron chi connectivity index (χ3n) is 4.49. The van der Waals surface area contributed by atoms with Crippen molar-refractivity contribution in [3.63, 3.8) is 0 Å². The van der Waals surface area contributed by atoms with E-state index in [4.69, 9.17) is 4.74 Å². The highest BCUT2D eigenvalue weighted by atomic mass is 32.1. The topological polar surface area (TPSA) is 107 Å². The molecule has 1 aromatic carbocycles. The molecule has 0 atom stereocenters. The fourth-order valence-corrected chi connectivity index (χ4v) is 4.04. The summed E-state index contributed by atoms with van der Waals surface area (Å²) in [5, 5.41) is 6.86. The van der Waals surface area contributed by atoms with Gasteiger partial charge in [-0.05, 0) is 45.4 Å². The van der Waals surface area contributed by atoms with Crippen LogP contribution in [-0.2, 0) is 4.74 Å². The first kappa shape index (κ1) is 22.1. The van der Waals surface area contributed by atoms with E-state index in [1.54, 1.807) is 13.8 Å². The number of esters is 1. The van der Waals surface area contributed by atoms with Crippen molar-refractivity contribution in [2.75, 3.05) is 11.9 Å². The summed E-state index contributed by atoms with van der Waals surface area (Å²) in [5.74, 6) is -1.68. The van der Waals surface area contributed by atoms with Crippen molar-refractivity contribution in [2.45, 2.75) is 27.7 Å². The van der Waals surface area contributed by atoms with Crippen LogP contribution in [0.1, 0.15) is 55.5 Å². The molecule has 1 amide bonds. The van der Waals surface area contributed by atoms with Crippen molar-refractivity contribution in [3.8, 4) is 5.69 Å². The Bertz CT molecular complexity index is 1220. The van der Waals surface area contributed by atoms with E-state index in [-0.39, 0.29) is 28.6 Å². The maximum Gasteiger partial charge on any atom is 0.341 e. The first-order chi connectivity index (χ1) is 14.7. The average Bonchev–Trinajstić information content (AvgIpc) is 3.05. The number of benzene rings is 1. The number of carbonyl (C=O) groups is 3. The SMILES string of the molecule is CCOC(=O)c1c(NC(=O)c2nn(-c3ccc(C)cc3)ccc2=O)sc(C(C)=O)c1C. The van der Waals surface area contributed by atoms with E-state index in [2.05, 4.69) is 10.4 Å². The monoisotopic (exact) mass is 439 g/mol. The fraction of sp³-hybridized carbons (Fsp3) is 0.227. The van der Waals surface area contributed by atoms with Crippen molar-refractivity contribution in [1.29, 1.82) is 0 Å². The van der Waals surface area contributed by atoms with E-state index in [9.17, 15) is 19.2 Å². The Morgan fingerprint density at radius 3 is 2.42 bits per heavy atom. The van der Waals surface area contributed by atoms with E-state index < -0.39 is 17.3 Å². The molecule has 0 fully saturated rings. The van der Waals surface area contributed by atoms with Gasteiger partial charge in [-0.15, -0.1) is 11.3 Å². The number of nitrogens with one attached hydrogen (secondary N) is 1. The Balaban J connectivity index is 2.00. The zero-order chi connectivity index (χ0) is 22.7. The normalized spacial score (nSPS) is 10.6. The lowest BCUT2D eigenvalue weighted by Crippen LogP contribution is -2.25. The molecule has 0 spiro atoms. The van der Waals surface area contributed by atoms with Crippen LogP contribution >= 0.6 is 11.3 Å². The van der Waals surface area contributed by atoms with Crippen LogP contribution in [0, 0.1) is 13.8 Å². The molecule has 8 nitrogen and oxygen atoms in total. The fourth-order valence-electron chi connectivity index (χ4n) is 2.95. The number of rotatable bonds is 6. The highest BCUT2D eigenvalue weighted by Gasteiger charge is 2.26. The Labute approximate surface area is 182 Å². The number of ketones is 1. The zero-order valence-corrected chi connectivity index (χ0v) is 18.3. The summed E-state index contributed by atoms with van der Waals surface area (Å²) in [6.45, 7) is 6.73. The molecule has 1 N–H and O–H groups in total. The zero-order valence-electron chi connectivity index (χ0n) is 17.5. The number of amides is 1. The maximum absolute atomic E-state index is 12.9. The Kier molecular flexibility index (Phi) is 6.45. The van der Waals surface area contributed by atoms with Gasteiger partial charge >= 0.3 is 5.97 Å². The molecule has 9 heteroatoms. The van der Waals surface area contributed by atoms with Crippen molar-refractivity contribution in [3.05, 3.63) is 74.0 Å². The van der Waals surface area contributed by atoms with Gasteiger partial charge in [-0.3, -0.25) is 14.4 Å². The molecule has 0 aliphatic rings. The molecule has 0 bridgehead atoms. The summed E-state index contributed by atoms with van der Waals surface area (Å²) < 4.78 is 6.48. The van der Waals surface area contributed by atoms with Gasteiger partial charge in [0.2, 0.25) is 5.43 Å². The molecule has 160 valence electrons. The molecule has 0 unspecified atom stereocenters. The molecule has 3 rings (SSSR count). The van der Waals surface area contributed by atoms with E-state index in [0.29, 0.717) is 16.1 Å². The van der Waals surface area contributed by atoms with Gasteiger partial charge in [0.05, 0.1) is 22.7 Å². The maximum atomic E-state index is 12.9. The highest BCUT2D eigenvalue weighted by Crippen LogP contribution is 2.34. The van der Waals surface area contributed by atoms with Crippen LogP contribution in [0.25, 0.3) is 5.69 Å². The predicted octanol–water partition coefficient (Wildman–Crippen LogP) is 3.54. The van der Waals surface area contributed by atoms with E-state index in [0.717, 1.165) is 16.9 Å². The summed E-state index contributed by atoms with van der Waals surface area (Å²) >= 11 is 0.961. The molecular formula is C22H21N3O5S. The van der Waals surface area contributed by atoms with Crippen molar-refractivity contribution in [2.24, 2.45) is 0 Å². The first-order valence-electron chi connectivity index (χ1n) is 9.52. The van der Waals surface area contributed by atoms with Gasteiger partial charge in [-0.2, -0.15) is 5.10 Å². The lowest BCUT2D eigenvalue weighted by atomic mass is 10.1.